The van der Waals surface area contributed by atoms with Gasteiger partial charge in [-0.3, -0.25) is 0 Å². The van der Waals surface area contributed by atoms with Crippen LogP contribution in [0.15, 0.2) is 6.20 Å². The molecular formula is C7H14IN2P. The van der Waals surface area contributed by atoms with E-state index in [1.165, 1.54) is 5.56 Å². The first-order valence-electron chi connectivity index (χ1n) is 3.63. The number of hydrogen-bond donors (Lipinski definition) is 0. The Morgan fingerprint density at radius 3 is 2.18 bits per heavy atom. The molecule has 0 aromatic carbocycles. The molecule has 0 spiro atoms. The highest BCUT2D eigenvalue weighted by molar-refractivity contribution is 14.2. The smallest absolute Gasteiger partial charge is 0.0677 e. The number of nitrogens with zero attached hydrogens (tertiary/aromatic N) is 2. The molecule has 4 heteroatoms. The Labute approximate surface area is 83.1 Å². The Morgan fingerprint density at radius 2 is 2.00 bits per heavy atom. The van der Waals surface area contributed by atoms with Crippen LogP contribution in [-0.2, 0) is 0 Å². The Morgan fingerprint density at radius 1 is 1.45 bits per heavy atom. The maximum absolute atomic E-state index is 4.25. The third-order valence-corrected chi connectivity index (χ3v) is 3.12. The average molecular weight is 284 g/mol. The third kappa shape index (κ3) is 3.52. The fraction of sp³-hybridized carbons (Fsp3) is 0.571. The molecule has 2 nitrogen and oxygen atoms in total. The van der Waals surface area contributed by atoms with E-state index >= 15 is 0 Å². The molecule has 0 aliphatic heterocycles. The van der Waals surface area contributed by atoms with Crippen LogP contribution < -0.4 is 0 Å². The molecule has 11 heavy (non-hydrogen) atoms. The van der Waals surface area contributed by atoms with Gasteiger partial charge < -0.3 is 0 Å². The number of aromatic nitrogens is 2. The van der Waals surface area contributed by atoms with Crippen LogP contribution in [0, 0.1) is 13.8 Å². The molecule has 0 fully saturated rings. The quantitative estimate of drug-likeness (QED) is 0.571. The predicted molar refractivity (Wildman–Crippen MR) is 60.8 cm³/mol. The zero-order chi connectivity index (χ0) is 8.85. The van der Waals surface area contributed by atoms with E-state index in [9.17, 15) is 0 Å². The van der Waals surface area contributed by atoms with Gasteiger partial charge in [0.05, 0.1) is 12.1 Å². The summed E-state index contributed by atoms with van der Waals surface area (Å²) >= 11 is 2.31. The Bertz CT molecular complexity index is 191. The number of halogens is 1. The molecule has 0 saturated carbocycles. The minimum absolute atomic E-state index is 0.723. The molecule has 0 radical (unpaired) electrons. The minimum Gasteiger partial charge on any atom is -0.245 e. The van der Waals surface area contributed by atoms with Gasteiger partial charge in [0, 0.05) is 6.20 Å². The Kier molecular flexibility index (Phi) is 6.15. The average Bonchev–Trinajstić information content (AvgIpc) is 2.36. The molecule has 0 aliphatic carbocycles. The van der Waals surface area contributed by atoms with Gasteiger partial charge >= 0.3 is 0 Å². The van der Waals surface area contributed by atoms with E-state index in [2.05, 4.69) is 40.3 Å². The number of rotatable bonds is 1. The van der Waals surface area contributed by atoms with E-state index in [1.54, 1.807) is 0 Å². The van der Waals surface area contributed by atoms with Crippen LogP contribution in [0.2, 0.25) is 0 Å². The van der Waals surface area contributed by atoms with Gasteiger partial charge in [-0.1, -0.05) is 13.8 Å². The van der Waals surface area contributed by atoms with Crippen molar-refractivity contribution < 1.29 is 0 Å². The molecule has 1 aromatic rings. The molecule has 0 amide bonds. The maximum atomic E-state index is 4.25. The Balaban J connectivity index is 0.000000461. The molecule has 1 rings (SSSR count). The number of aryl methyl sites for hydroxylation is 2. The highest BCUT2D eigenvalue weighted by Crippen LogP contribution is 2.23. The van der Waals surface area contributed by atoms with Gasteiger partial charge in [-0.25, -0.2) is 4.45 Å². The van der Waals surface area contributed by atoms with Crippen molar-refractivity contribution >= 4 is 28.4 Å². The molecule has 1 unspecified atom stereocenters. The monoisotopic (exact) mass is 284 g/mol. The summed E-state index contributed by atoms with van der Waals surface area (Å²) in [5.74, 6) is 0. The van der Waals surface area contributed by atoms with Crippen molar-refractivity contribution in [2.24, 2.45) is 0 Å². The van der Waals surface area contributed by atoms with Gasteiger partial charge in [0.2, 0.25) is 0 Å². The van der Waals surface area contributed by atoms with E-state index < -0.39 is 0 Å². The van der Waals surface area contributed by atoms with Crippen molar-refractivity contribution in [2.75, 3.05) is 0 Å². The third-order valence-electron chi connectivity index (χ3n) is 1.23. The van der Waals surface area contributed by atoms with Crippen LogP contribution in [0.1, 0.15) is 25.1 Å². The fourth-order valence-corrected chi connectivity index (χ4v) is 1.76. The van der Waals surface area contributed by atoms with Crippen molar-refractivity contribution in [3.8, 4) is 0 Å². The van der Waals surface area contributed by atoms with Crippen LogP contribution in [-0.4, -0.2) is 9.55 Å². The summed E-state index contributed by atoms with van der Waals surface area (Å²) in [6, 6.07) is 0. The van der Waals surface area contributed by atoms with E-state index in [-0.39, 0.29) is 0 Å². The molecule has 0 N–H and O–H groups in total. The lowest BCUT2D eigenvalue weighted by molar-refractivity contribution is 0.978. The standard InChI is InChI=1S/C5H8IN2P.C2H6/c1-4-3-8(9-6)7-5(4)2;1-2/h3,9H,1-2H3;1-2H3. The summed E-state index contributed by atoms with van der Waals surface area (Å²) in [7, 11) is 0. The summed E-state index contributed by atoms with van der Waals surface area (Å²) in [5, 5.41) is 4.25. The van der Waals surface area contributed by atoms with E-state index in [0.29, 0.717) is 0 Å². The van der Waals surface area contributed by atoms with Gasteiger partial charge in [0.15, 0.2) is 0 Å². The van der Waals surface area contributed by atoms with Crippen LogP contribution >= 0.6 is 28.4 Å². The van der Waals surface area contributed by atoms with E-state index in [4.69, 9.17) is 0 Å². The second-order valence-electron chi connectivity index (χ2n) is 1.93. The molecule has 0 saturated heterocycles. The Hall–Kier alpha value is 0.370. The molecule has 1 heterocycles. The van der Waals surface area contributed by atoms with E-state index in [1.807, 2.05) is 25.2 Å². The fourth-order valence-electron chi connectivity index (χ4n) is 0.589. The summed E-state index contributed by atoms with van der Waals surface area (Å²) < 4.78 is 1.96. The molecule has 1 atom stereocenters. The van der Waals surface area contributed by atoms with Crippen LogP contribution in [0.4, 0.5) is 0 Å². The normalized spacial score (nSPS) is 9.91. The lowest BCUT2D eigenvalue weighted by atomic mass is 10.3. The molecule has 0 bridgehead atoms. The largest absolute Gasteiger partial charge is 0.245 e. The van der Waals surface area contributed by atoms with Crippen molar-refractivity contribution in [2.45, 2.75) is 27.7 Å². The van der Waals surface area contributed by atoms with Gasteiger partial charge in [0.25, 0.3) is 0 Å². The highest BCUT2D eigenvalue weighted by Gasteiger charge is 1.96. The lowest BCUT2D eigenvalue weighted by Gasteiger charge is -1.87. The zero-order valence-electron chi connectivity index (χ0n) is 7.35. The molecular weight excluding hydrogens is 270 g/mol. The van der Waals surface area contributed by atoms with Gasteiger partial charge in [-0.05, 0) is 41.5 Å². The summed E-state index contributed by atoms with van der Waals surface area (Å²) in [4.78, 5) is 0. The minimum atomic E-state index is 0.723. The summed E-state index contributed by atoms with van der Waals surface area (Å²) in [5.41, 5.74) is 2.42. The zero-order valence-corrected chi connectivity index (χ0v) is 10.5. The predicted octanol–water partition coefficient (Wildman–Crippen LogP) is 3.32. The van der Waals surface area contributed by atoms with Gasteiger partial charge in [-0.15, -0.1) is 0 Å². The SMILES string of the molecule is CC.Cc1cn(PI)nc1C. The first-order chi connectivity index (χ1) is 5.24. The van der Waals surface area contributed by atoms with Crippen molar-refractivity contribution in [3.63, 3.8) is 0 Å². The number of hydrogen-bond acceptors (Lipinski definition) is 1. The van der Waals surface area contributed by atoms with Crippen molar-refractivity contribution in [1.29, 1.82) is 0 Å². The second kappa shape index (κ2) is 5.95. The second-order valence-corrected chi connectivity index (χ2v) is 4.00. The summed E-state index contributed by atoms with van der Waals surface area (Å²) in [6.07, 6.45) is 2.79. The van der Waals surface area contributed by atoms with Crippen molar-refractivity contribution in [1.82, 2.24) is 9.55 Å². The van der Waals surface area contributed by atoms with Crippen LogP contribution in [0.25, 0.3) is 0 Å². The molecule has 0 aliphatic rings. The molecule has 64 valence electrons. The summed E-state index contributed by atoms with van der Waals surface area (Å²) in [6.45, 7) is 8.11. The molecule has 1 aromatic heterocycles. The lowest BCUT2D eigenvalue weighted by Crippen LogP contribution is -1.79. The van der Waals surface area contributed by atoms with Gasteiger partial charge in [0.1, 0.15) is 0 Å². The van der Waals surface area contributed by atoms with Crippen LogP contribution in [0.5, 0.6) is 0 Å². The van der Waals surface area contributed by atoms with E-state index in [0.717, 1.165) is 12.1 Å². The first-order valence-corrected chi connectivity index (χ1v) is 7.69. The maximum Gasteiger partial charge on any atom is 0.0677 e. The topological polar surface area (TPSA) is 17.8 Å². The van der Waals surface area contributed by atoms with Crippen molar-refractivity contribution in [3.05, 3.63) is 17.5 Å². The highest BCUT2D eigenvalue weighted by atomic mass is 127. The van der Waals surface area contributed by atoms with Gasteiger partial charge in [-0.2, -0.15) is 5.10 Å². The van der Waals surface area contributed by atoms with Crippen LogP contribution in [0.3, 0.4) is 0 Å². The first kappa shape index (κ1) is 11.4.